The van der Waals surface area contributed by atoms with Crippen LogP contribution in [0.25, 0.3) is 0 Å². The van der Waals surface area contributed by atoms with Crippen molar-refractivity contribution in [3.63, 3.8) is 0 Å². The first-order chi connectivity index (χ1) is 9.56. The van der Waals surface area contributed by atoms with Gasteiger partial charge in [-0.05, 0) is 46.5 Å². The maximum Gasteiger partial charge on any atom is 0.149 e. The molecule has 5 heteroatoms. The van der Waals surface area contributed by atoms with Crippen molar-refractivity contribution in [1.29, 1.82) is 0 Å². The fraction of sp³-hybridized carbons (Fsp3) is 0.733. The van der Waals surface area contributed by atoms with E-state index in [2.05, 4.69) is 29.3 Å². The monoisotopic (exact) mass is 275 g/mol. The quantitative estimate of drug-likeness (QED) is 0.888. The minimum absolute atomic E-state index is 0.523. The fourth-order valence-electron chi connectivity index (χ4n) is 2.95. The lowest BCUT2D eigenvalue weighted by atomic mass is 10.00. The van der Waals surface area contributed by atoms with Crippen LogP contribution >= 0.6 is 0 Å². The van der Waals surface area contributed by atoms with Crippen LogP contribution in [0.1, 0.15) is 63.3 Å². The predicted molar refractivity (Wildman–Crippen MR) is 81.4 cm³/mol. The number of hydrogen-bond donors (Lipinski definition) is 2. The third-order valence-electron chi connectivity index (χ3n) is 4.57. The molecule has 0 aromatic carbocycles. The lowest BCUT2D eigenvalue weighted by molar-refractivity contribution is 0.135. The Hall–Kier alpha value is -1.36. The minimum atomic E-state index is 0.523. The summed E-state index contributed by atoms with van der Waals surface area (Å²) in [6.07, 6.45) is 6.15. The molecule has 0 bridgehead atoms. The van der Waals surface area contributed by atoms with E-state index < -0.39 is 0 Å². The van der Waals surface area contributed by atoms with Gasteiger partial charge in [0, 0.05) is 23.6 Å². The zero-order valence-corrected chi connectivity index (χ0v) is 12.7. The van der Waals surface area contributed by atoms with Crippen LogP contribution in [0.4, 0.5) is 11.6 Å². The van der Waals surface area contributed by atoms with E-state index in [4.69, 9.17) is 10.7 Å². The molecule has 1 saturated heterocycles. The van der Waals surface area contributed by atoms with Gasteiger partial charge in [0.1, 0.15) is 17.5 Å². The Morgan fingerprint density at radius 2 is 1.75 bits per heavy atom. The molecule has 2 fully saturated rings. The van der Waals surface area contributed by atoms with Gasteiger partial charge in [0.15, 0.2) is 0 Å². The molecule has 5 nitrogen and oxygen atoms in total. The van der Waals surface area contributed by atoms with Crippen LogP contribution < -0.4 is 11.2 Å². The van der Waals surface area contributed by atoms with Gasteiger partial charge in [-0.3, -0.25) is 0 Å². The van der Waals surface area contributed by atoms with E-state index in [0.29, 0.717) is 23.8 Å². The van der Waals surface area contributed by atoms with Crippen LogP contribution in [0.5, 0.6) is 0 Å². The van der Waals surface area contributed by atoms with Gasteiger partial charge in [-0.1, -0.05) is 6.42 Å². The van der Waals surface area contributed by atoms with Crippen molar-refractivity contribution in [1.82, 2.24) is 15.0 Å². The molecule has 1 aliphatic carbocycles. The number of nitrogens with two attached hydrogens (primary N) is 1. The van der Waals surface area contributed by atoms with Crippen LogP contribution in [-0.2, 0) is 0 Å². The molecule has 20 heavy (non-hydrogen) atoms. The molecular formula is C15H25N5. The van der Waals surface area contributed by atoms with Gasteiger partial charge in [0.05, 0.1) is 0 Å². The molecule has 0 amide bonds. The van der Waals surface area contributed by atoms with E-state index in [-0.39, 0.29) is 0 Å². The third-order valence-corrected chi connectivity index (χ3v) is 4.57. The highest BCUT2D eigenvalue weighted by Gasteiger charge is 2.29. The summed E-state index contributed by atoms with van der Waals surface area (Å²) in [5, 5.41) is 2.33. The number of aromatic nitrogens is 2. The van der Waals surface area contributed by atoms with E-state index in [1.54, 1.807) is 0 Å². The smallest absolute Gasteiger partial charge is 0.149 e. The van der Waals surface area contributed by atoms with Gasteiger partial charge < -0.3 is 11.2 Å². The lowest BCUT2D eigenvalue weighted by Gasteiger charge is -2.39. The molecule has 1 aliphatic heterocycles. The van der Waals surface area contributed by atoms with Crippen molar-refractivity contribution >= 4 is 11.6 Å². The molecule has 0 spiro atoms. The number of hydrogen-bond acceptors (Lipinski definition) is 5. The highest BCUT2D eigenvalue weighted by molar-refractivity contribution is 5.54. The number of nitrogens with one attached hydrogen (secondary N) is 1. The Kier molecular flexibility index (Phi) is 3.54. The zero-order valence-electron chi connectivity index (χ0n) is 12.7. The van der Waals surface area contributed by atoms with Crippen molar-refractivity contribution in [2.24, 2.45) is 0 Å². The third kappa shape index (κ3) is 2.59. The van der Waals surface area contributed by atoms with E-state index in [1.807, 2.05) is 6.92 Å². The first-order valence-corrected chi connectivity index (χ1v) is 7.75. The molecule has 1 saturated carbocycles. The van der Waals surface area contributed by atoms with Crippen LogP contribution in [0, 0.1) is 6.92 Å². The molecule has 3 N–H and O–H groups in total. The summed E-state index contributed by atoms with van der Waals surface area (Å²) in [5.41, 5.74) is 10.5. The normalized spacial score (nSPS) is 27.6. The zero-order chi connectivity index (χ0) is 14.3. The Morgan fingerprint density at radius 3 is 2.35 bits per heavy atom. The molecule has 1 aromatic heterocycles. The maximum absolute atomic E-state index is 6.05. The number of nitrogen functional groups attached to an aromatic ring is 1. The Labute approximate surface area is 120 Å². The average molecular weight is 275 g/mol. The summed E-state index contributed by atoms with van der Waals surface area (Å²) in [5.74, 6) is 2.93. The van der Waals surface area contributed by atoms with Gasteiger partial charge in [-0.15, -0.1) is 0 Å². The molecule has 110 valence electrons. The number of hydrazine groups is 1. The highest BCUT2D eigenvalue weighted by Crippen LogP contribution is 2.39. The molecule has 3 rings (SSSR count). The second-order valence-corrected chi connectivity index (χ2v) is 6.36. The largest absolute Gasteiger partial charge is 0.383 e. The van der Waals surface area contributed by atoms with E-state index >= 15 is 0 Å². The fourth-order valence-corrected chi connectivity index (χ4v) is 2.95. The summed E-state index contributed by atoms with van der Waals surface area (Å²) < 4.78 is 0. The molecule has 0 radical (unpaired) electrons. The molecule has 2 unspecified atom stereocenters. The van der Waals surface area contributed by atoms with E-state index in [0.717, 1.165) is 17.2 Å². The highest BCUT2D eigenvalue weighted by atomic mass is 15.5. The first-order valence-electron chi connectivity index (χ1n) is 7.75. The number of nitrogens with zero attached hydrogens (tertiary/aromatic N) is 3. The lowest BCUT2D eigenvalue weighted by Crippen LogP contribution is -2.47. The van der Waals surface area contributed by atoms with Gasteiger partial charge in [-0.2, -0.15) is 0 Å². The summed E-state index contributed by atoms with van der Waals surface area (Å²) in [6, 6.07) is 1.05. The van der Waals surface area contributed by atoms with Crippen LogP contribution in [0.15, 0.2) is 0 Å². The Balaban J connectivity index is 1.85. The maximum atomic E-state index is 6.05. The van der Waals surface area contributed by atoms with E-state index in [1.165, 1.54) is 32.1 Å². The molecular weight excluding hydrogens is 250 g/mol. The van der Waals surface area contributed by atoms with Gasteiger partial charge in [-0.25, -0.2) is 15.0 Å². The van der Waals surface area contributed by atoms with Crippen LogP contribution in [0.2, 0.25) is 0 Å². The van der Waals surface area contributed by atoms with Crippen molar-refractivity contribution in [3.05, 3.63) is 11.4 Å². The topological polar surface area (TPSA) is 67.1 Å². The molecule has 2 heterocycles. The standard InChI is InChI=1S/C15H25N5/c1-9-5-4-6-10(2)20(9)19-14-11(3)13(16)17-15(18-14)12-7-8-12/h9-10,12H,4-8H2,1-3H3,(H3,16,17,18,19). The van der Waals surface area contributed by atoms with Gasteiger partial charge in [0.25, 0.3) is 0 Å². The molecule has 1 aromatic rings. The number of anilines is 2. The SMILES string of the molecule is Cc1c(N)nc(C2CC2)nc1NN1C(C)CCCC1C. The predicted octanol–water partition coefficient (Wildman–Crippen LogP) is 2.83. The average Bonchev–Trinajstić information content (AvgIpc) is 3.23. The minimum Gasteiger partial charge on any atom is -0.383 e. The summed E-state index contributed by atoms with van der Waals surface area (Å²) in [4.78, 5) is 9.15. The van der Waals surface area contributed by atoms with Crippen molar-refractivity contribution in [3.8, 4) is 0 Å². The first kappa shape index (κ1) is 13.6. The van der Waals surface area contributed by atoms with Crippen molar-refractivity contribution in [2.45, 2.75) is 70.9 Å². The van der Waals surface area contributed by atoms with Crippen LogP contribution in [-0.4, -0.2) is 27.1 Å². The number of rotatable bonds is 3. The molecule has 2 atom stereocenters. The summed E-state index contributed by atoms with van der Waals surface area (Å²) >= 11 is 0. The Morgan fingerprint density at radius 1 is 1.10 bits per heavy atom. The second-order valence-electron chi connectivity index (χ2n) is 6.36. The van der Waals surface area contributed by atoms with Crippen molar-refractivity contribution in [2.75, 3.05) is 11.2 Å². The summed E-state index contributed by atoms with van der Waals surface area (Å²) in [6.45, 7) is 6.53. The van der Waals surface area contributed by atoms with Gasteiger partial charge in [0.2, 0.25) is 0 Å². The summed E-state index contributed by atoms with van der Waals surface area (Å²) in [7, 11) is 0. The second kappa shape index (κ2) is 5.20. The number of piperidine rings is 1. The Bertz CT molecular complexity index is 487. The van der Waals surface area contributed by atoms with E-state index in [9.17, 15) is 0 Å². The molecule has 2 aliphatic rings. The van der Waals surface area contributed by atoms with Crippen molar-refractivity contribution < 1.29 is 0 Å². The van der Waals surface area contributed by atoms with Gasteiger partial charge >= 0.3 is 0 Å². The van der Waals surface area contributed by atoms with Crippen LogP contribution in [0.3, 0.4) is 0 Å².